The second-order valence-electron chi connectivity index (χ2n) is 4.66. The van der Waals surface area contributed by atoms with Crippen LogP contribution < -0.4 is 9.47 Å². The summed E-state index contributed by atoms with van der Waals surface area (Å²) in [5, 5.41) is 8.71. The molecule has 1 rings (SSSR count). The third-order valence-corrected chi connectivity index (χ3v) is 3.07. The lowest BCUT2D eigenvalue weighted by molar-refractivity contribution is -0.136. The van der Waals surface area contributed by atoms with Crippen LogP contribution in [0.1, 0.15) is 49.0 Å². The zero-order chi connectivity index (χ0) is 15.8. The van der Waals surface area contributed by atoms with Crippen LogP contribution in [0, 0.1) is 0 Å². The van der Waals surface area contributed by atoms with E-state index in [9.17, 15) is 9.59 Å². The lowest BCUT2D eigenvalue weighted by atomic mass is 9.96. The molecule has 0 aliphatic carbocycles. The molecule has 0 aliphatic heterocycles. The van der Waals surface area contributed by atoms with Crippen molar-refractivity contribution >= 4 is 11.8 Å². The van der Waals surface area contributed by atoms with Gasteiger partial charge >= 0.3 is 5.97 Å². The summed E-state index contributed by atoms with van der Waals surface area (Å²) in [5.74, 6) is -0.0444. The Morgan fingerprint density at radius 2 is 1.86 bits per heavy atom. The topological polar surface area (TPSA) is 72.8 Å². The number of carbonyl (C=O) groups excluding carboxylic acids is 1. The van der Waals surface area contributed by atoms with E-state index in [0.29, 0.717) is 23.7 Å². The number of ketones is 1. The fourth-order valence-corrected chi connectivity index (χ4v) is 2.12. The summed E-state index contributed by atoms with van der Waals surface area (Å²) in [4.78, 5) is 22.9. The maximum absolute atomic E-state index is 12.2. The number of benzene rings is 1. The second-order valence-corrected chi connectivity index (χ2v) is 4.66. The Bertz CT molecular complexity index is 508. The molecule has 5 nitrogen and oxygen atoms in total. The molecule has 1 N–H and O–H groups in total. The van der Waals surface area contributed by atoms with Crippen LogP contribution in [0.4, 0.5) is 0 Å². The molecule has 0 fully saturated rings. The van der Waals surface area contributed by atoms with Crippen LogP contribution in [0.5, 0.6) is 11.5 Å². The molecular weight excluding hydrogens is 272 g/mol. The zero-order valence-electron chi connectivity index (χ0n) is 12.8. The van der Waals surface area contributed by atoms with Crippen LogP contribution in [-0.4, -0.2) is 30.6 Å². The van der Waals surface area contributed by atoms with Crippen molar-refractivity contribution in [3.05, 3.63) is 23.3 Å². The molecule has 0 saturated carbocycles. The van der Waals surface area contributed by atoms with Crippen molar-refractivity contribution in [3.63, 3.8) is 0 Å². The van der Waals surface area contributed by atoms with E-state index in [0.717, 1.165) is 18.4 Å². The Morgan fingerprint density at radius 3 is 2.38 bits per heavy atom. The van der Waals surface area contributed by atoms with Gasteiger partial charge in [-0.25, -0.2) is 0 Å². The normalized spacial score (nSPS) is 10.2. The highest BCUT2D eigenvalue weighted by atomic mass is 16.5. The highest BCUT2D eigenvalue weighted by molar-refractivity contribution is 5.99. The van der Waals surface area contributed by atoms with Crippen molar-refractivity contribution in [1.82, 2.24) is 0 Å². The van der Waals surface area contributed by atoms with Gasteiger partial charge < -0.3 is 14.6 Å². The third-order valence-electron chi connectivity index (χ3n) is 3.07. The summed E-state index contributed by atoms with van der Waals surface area (Å²) >= 11 is 0. The van der Waals surface area contributed by atoms with Crippen molar-refractivity contribution in [2.75, 3.05) is 13.7 Å². The lowest BCUT2D eigenvalue weighted by Gasteiger charge is -2.15. The average Bonchev–Trinajstić information content (AvgIpc) is 2.46. The van der Waals surface area contributed by atoms with Crippen LogP contribution in [-0.2, 0) is 11.2 Å². The van der Waals surface area contributed by atoms with Crippen molar-refractivity contribution in [2.24, 2.45) is 0 Å². The van der Waals surface area contributed by atoms with E-state index in [4.69, 9.17) is 14.6 Å². The van der Waals surface area contributed by atoms with Gasteiger partial charge in [-0.05, 0) is 31.0 Å². The average molecular weight is 294 g/mol. The van der Waals surface area contributed by atoms with E-state index >= 15 is 0 Å². The first-order chi connectivity index (χ1) is 10.0. The summed E-state index contributed by atoms with van der Waals surface area (Å²) in [7, 11) is 1.56. The molecular formula is C16H22O5. The maximum atomic E-state index is 12.2. The number of carbonyl (C=O) groups is 2. The minimum absolute atomic E-state index is 0.00998. The first-order valence-corrected chi connectivity index (χ1v) is 7.12. The van der Waals surface area contributed by atoms with E-state index in [2.05, 4.69) is 0 Å². The molecule has 1 aromatic rings. The van der Waals surface area contributed by atoms with Crippen LogP contribution in [0.25, 0.3) is 0 Å². The Kier molecular flexibility index (Phi) is 6.72. The van der Waals surface area contributed by atoms with Crippen molar-refractivity contribution in [2.45, 2.75) is 39.5 Å². The predicted octanol–water partition coefficient (Wildman–Crippen LogP) is 3.09. The third kappa shape index (κ3) is 4.77. The number of Topliss-reactive ketones (excluding diaryl/α,β-unsaturated/α-hetero) is 1. The number of methoxy groups -OCH3 is 1. The fraction of sp³-hybridized carbons (Fsp3) is 0.500. The number of rotatable bonds is 9. The second kappa shape index (κ2) is 8.29. The van der Waals surface area contributed by atoms with Gasteiger partial charge in [0.2, 0.25) is 0 Å². The molecule has 0 bridgehead atoms. The standard InChI is InChI=1S/C16H22O5/c1-4-6-11-9-14(20-3)15(21-5-2)10-12(11)13(17)7-8-16(18)19/h9-10H,4-8H2,1-3H3,(H,18,19). The van der Waals surface area contributed by atoms with E-state index < -0.39 is 5.97 Å². The minimum atomic E-state index is -0.973. The Balaban J connectivity index is 3.16. The molecule has 0 aromatic heterocycles. The van der Waals surface area contributed by atoms with Crippen LogP contribution in [0.3, 0.4) is 0 Å². The first-order valence-electron chi connectivity index (χ1n) is 7.12. The van der Waals surface area contributed by atoms with Crippen molar-refractivity contribution < 1.29 is 24.2 Å². The molecule has 0 spiro atoms. The van der Waals surface area contributed by atoms with Crippen molar-refractivity contribution in [1.29, 1.82) is 0 Å². The van der Waals surface area contributed by atoms with Crippen LogP contribution in [0.15, 0.2) is 12.1 Å². The SMILES string of the molecule is CCCc1cc(OC)c(OCC)cc1C(=O)CCC(=O)O. The number of aliphatic carboxylic acids is 1. The largest absolute Gasteiger partial charge is 0.493 e. The minimum Gasteiger partial charge on any atom is -0.493 e. The van der Waals surface area contributed by atoms with Gasteiger partial charge in [-0.2, -0.15) is 0 Å². The van der Waals surface area contributed by atoms with E-state index in [-0.39, 0.29) is 18.6 Å². The van der Waals surface area contributed by atoms with Gasteiger partial charge in [0.15, 0.2) is 17.3 Å². The number of hydrogen-bond donors (Lipinski definition) is 1. The monoisotopic (exact) mass is 294 g/mol. The molecule has 0 heterocycles. The molecule has 0 amide bonds. The van der Waals surface area contributed by atoms with Crippen LogP contribution in [0.2, 0.25) is 0 Å². The van der Waals surface area contributed by atoms with Gasteiger partial charge in [0, 0.05) is 12.0 Å². The van der Waals surface area contributed by atoms with Gasteiger partial charge in [0.1, 0.15) is 0 Å². The number of ether oxygens (including phenoxy) is 2. The molecule has 0 radical (unpaired) electrons. The highest BCUT2D eigenvalue weighted by Gasteiger charge is 2.17. The van der Waals surface area contributed by atoms with E-state index in [1.54, 1.807) is 13.2 Å². The van der Waals surface area contributed by atoms with Gasteiger partial charge in [-0.1, -0.05) is 13.3 Å². The summed E-state index contributed by atoms with van der Waals surface area (Å²) in [6.45, 7) is 4.34. The molecule has 5 heteroatoms. The highest BCUT2D eigenvalue weighted by Crippen LogP contribution is 2.32. The van der Waals surface area contributed by atoms with Crippen LogP contribution >= 0.6 is 0 Å². The van der Waals surface area contributed by atoms with Gasteiger partial charge in [-0.3, -0.25) is 9.59 Å². The van der Waals surface area contributed by atoms with Gasteiger partial charge in [-0.15, -0.1) is 0 Å². The van der Waals surface area contributed by atoms with E-state index in [1.165, 1.54) is 0 Å². The molecule has 0 saturated heterocycles. The Morgan fingerprint density at radius 1 is 1.14 bits per heavy atom. The molecule has 21 heavy (non-hydrogen) atoms. The zero-order valence-corrected chi connectivity index (χ0v) is 12.8. The number of aryl methyl sites for hydroxylation is 1. The van der Waals surface area contributed by atoms with E-state index in [1.807, 2.05) is 19.9 Å². The van der Waals surface area contributed by atoms with Gasteiger partial charge in [0.05, 0.1) is 20.1 Å². The summed E-state index contributed by atoms with van der Waals surface area (Å²) in [5.41, 5.74) is 1.40. The molecule has 0 atom stereocenters. The quantitative estimate of drug-likeness (QED) is 0.708. The smallest absolute Gasteiger partial charge is 0.303 e. The molecule has 0 unspecified atom stereocenters. The number of hydrogen-bond acceptors (Lipinski definition) is 4. The summed E-state index contributed by atoms with van der Waals surface area (Å²) < 4.78 is 10.8. The van der Waals surface area contributed by atoms with Crippen molar-refractivity contribution in [3.8, 4) is 11.5 Å². The maximum Gasteiger partial charge on any atom is 0.303 e. The number of carboxylic acids is 1. The predicted molar refractivity (Wildman–Crippen MR) is 79.4 cm³/mol. The molecule has 0 aliphatic rings. The summed E-state index contributed by atoms with van der Waals surface area (Å²) in [6.07, 6.45) is 1.44. The fourth-order valence-electron chi connectivity index (χ4n) is 2.12. The first kappa shape index (κ1) is 17.0. The molecule has 116 valence electrons. The molecule has 1 aromatic carbocycles. The Labute approximate surface area is 124 Å². The van der Waals surface area contributed by atoms with Gasteiger partial charge in [0.25, 0.3) is 0 Å². The summed E-state index contributed by atoms with van der Waals surface area (Å²) in [6, 6.07) is 3.47. The Hall–Kier alpha value is -2.04. The lowest BCUT2D eigenvalue weighted by Crippen LogP contribution is -2.08. The number of carboxylic acid groups (broad SMARTS) is 1.